The fourth-order valence-corrected chi connectivity index (χ4v) is 4.56. The van der Waals surface area contributed by atoms with Gasteiger partial charge in [-0.2, -0.15) is 0 Å². The normalized spacial score (nSPS) is 15.1. The molecule has 0 bridgehead atoms. The van der Waals surface area contributed by atoms with Crippen LogP contribution >= 0.6 is 0 Å². The van der Waals surface area contributed by atoms with E-state index in [2.05, 4.69) is 10.6 Å². The van der Waals surface area contributed by atoms with Crippen molar-refractivity contribution in [3.05, 3.63) is 107 Å². The standard InChI is InChI=1S/C31H32FN3O4/c1-3-5-18-35-29(22-10-7-6-8-11-22)27(30(37)39-4-2)28(34-31(35)38)23-12-9-13-25(20-23)33-26(36)19-21-14-16-24(32)17-15-21/h6-17,20,28H,3-5,18-19H2,1-2H3,(H,33,36)(H,34,38). The Labute approximate surface area is 227 Å². The molecule has 7 nitrogen and oxygen atoms in total. The molecule has 0 saturated carbocycles. The van der Waals surface area contributed by atoms with Gasteiger partial charge in [-0.25, -0.2) is 14.0 Å². The van der Waals surface area contributed by atoms with Gasteiger partial charge in [0.25, 0.3) is 0 Å². The number of esters is 1. The monoisotopic (exact) mass is 529 g/mol. The molecule has 3 aromatic rings. The van der Waals surface area contributed by atoms with E-state index in [1.54, 1.807) is 48.2 Å². The van der Waals surface area contributed by atoms with E-state index in [0.29, 0.717) is 34.6 Å². The van der Waals surface area contributed by atoms with Crippen LogP contribution in [-0.4, -0.2) is 36.0 Å². The number of nitrogens with zero attached hydrogens (tertiary/aromatic N) is 1. The number of anilines is 1. The molecule has 1 aliphatic heterocycles. The van der Waals surface area contributed by atoms with Crippen molar-refractivity contribution < 1.29 is 23.5 Å². The van der Waals surface area contributed by atoms with Crippen molar-refractivity contribution in [3.8, 4) is 0 Å². The van der Waals surface area contributed by atoms with Crippen molar-refractivity contribution in [2.45, 2.75) is 39.2 Å². The molecule has 0 saturated heterocycles. The first kappa shape index (κ1) is 27.6. The quantitative estimate of drug-likeness (QED) is 0.323. The molecule has 2 N–H and O–H groups in total. The number of rotatable bonds is 10. The van der Waals surface area contributed by atoms with Crippen LogP contribution in [0.3, 0.4) is 0 Å². The van der Waals surface area contributed by atoms with Crippen LogP contribution in [0, 0.1) is 5.82 Å². The lowest BCUT2D eigenvalue weighted by molar-refractivity contribution is -0.139. The highest BCUT2D eigenvalue weighted by molar-refractivity contribution is 6.04. The predicted molar refractivity (Wildman–Crippen MR) is 148 cm³/mol. The van der Waals surface area contributed by atoms with E-state index in [0.717, 1.165) is 18.4 Å². The number of urea groups is 1. The molecule has 0 fully saturated rings. The van der Waals surface area contributed by atoms with Crippen LogP contribution < -0.4 is 10.6 Å². The first-order valence-corrected chi connectivity index (χ1v) is 13.1. The van der Waals surface area contributed by atoms with Crippen molar-refractivity contribution in [1.29, 1.82) is 0 Å². The van der Waals surface area contributed by atoms with Crippen molar-refractivity contribution >= 4 is 29.3 Å². The lowest BCUT2D eigenvalue weighted by atomic mass is 9.91. The third kappa shape index (κ3) is 6.71. The van der Waals surface area contributed by atoms with E-state index in [-0.39, 0.29) is 30.8 Å². The molecule has 3 aromatic carbocycles. The van der Waals surface area contributed by atoms with Crippen LogP contribution in [0.1, 0.15) is 49.4 Å². The van der Waals surface area contributed by atoms with Gasteiger partial charge < -0.3 is 15.4 Å². The molecule has 1 atom stereocenters. The SMILES string of the molecule is CCCCN1C(=O)NC(c2cccc(NC(=O)Cc3ccc(F)cc3)c2)C(C(=O)OCC)=C1c1ccccc1. The Kier molecular flexibility index (Phi) is 9.10. The number of amides is 3. The van der Waals surface area contributed by atoms with Gasteiger partial charge in [0.15, 0.2) is 0 Å². The highest BCUT2D eigenvalue weighted by Crippen LogP contribution is 2.37. The minimum atomic E-state index is -0.793. The molecule has 202 valence electrons. The zero-order valence-corrected chi connectivity index (χ0v) is 22.1. The molecule has 39 heavy (non-hydrogen) atoms. The van der Waals surface area contributed by atoms with Gasteiger partial charge in [0, 0.05) is 12.2 Å². The Morgan fingerprint density at radius 3 is 2.44 bits per heavy atom. The summed E-state index contributed by atoms with van der Waals surface area (Å²) in [6, 6.07) is 21.0. The fourth-order valence-electron chi connectivity index (χ4n) is 4.56. The minimum absolute atomic E-state index is 0.0726. The van der Waals surface area contributed by atoms with Gasteiger partial charge in [0.2, 0.25) is 5.91 Å². The molecule has 1 aliphatic rings. The summed E-state index contributed by atoms with van der Waals surface area (Å²) in [5.74, 6) is -1.16. The van der Waals surface area contributed by atoms with Gasteiger partial charge in [-0.15, -0.1) is 0 Å². The number of nitrogens with one attached hydrogen (secondary N) is 2. The van der Waals surface area contributed by atoms with Gasteiger partial charge in [-0.3, -0.25) is 9.69 Å². The third-order valence-electron chi connectivity index (χ3n) is 6.39. The molecule has 8 heteroatoms. The van der Waals surface area contributed by atoms with Crippen LogP contribution in [0.2, 0.25) is 0 Å². The van der Waals surface area contributed by atoms with Crippen molar-refractivity contribution in [2.75, 3.05) is 18.5 Å². The Bertz CT molecular complexity index is 1360. The van der Waals surface area contributed by atoms with E-state index in [1.165, 1.54) is 12.1 Å². The zero-order chi connectivity index (χ0) is 27.8. The van der Waals surface area contributed by atoms with Gasteiger partial charge >= 0.3 is 12.0 Å². The van der Waals surface area contributed by atoms with Crippen LogP contribution in [0.25, 0.3) is 5.70 Å². The number of benzene rings is 3. The van der Waals surface area contributed by atoms with E-state index >= 15 is 0 Å². The lowest BCUT2D eigenvalue weighted by Crippen LogP contribution is -2.48. The van der Waals surface area contributed by atoms with Crippen molar-refractivity contribution in [1.82, 2.24) is 10.2 Å². The van der Waals surface area contributed by atoms with Gasteiger partial charge in [-0.1, -0.05) is 67.9 Å². The molecule has 0 spiro atoms. The molecule has 1 heterocycles. The fraction of sp³-hybridized carbons (Fsp3) is 0.258. The summed E-state index contributed by atoms with van der Waals surface area (Å²) in [6.07, 6.45) is 1.72. The Morgan fingerprint density at radius 2 is 1.74 bits per heavy atom. The van der Waals surface area contributed by atoms with Crippen LogP contribution in [0.15, 0.2) is 84.4 Å². The molecule has 0 aliphatic carbocycles. The molecule has 0 aromatic heterocycles. The molecular weight excluding hydrogens is 497 g/mol. The maximum Gasteiger partial charge on any atom is 0.338 e. The molecular formula is C31H32FN3O4. The van der Waals surface area contributed by atoms with Crippen LogP contribution in [-0.2, 0) is 20.7 Å². The zero-order valence-electron chi connectivity index (χ0n) is 22.1. The smallest absolute Gasteiger partial charge is 0.338 e. The second-order valence-electron chi connectivity index (χ2n) is 9.21. The Morgan fingerprint density at radius 1 is 1.00 bits per heavy atom. The second-order valence-corrected chi connectivity index (χ2v) is 9.21. The van der Waals surface area contributed by atoms with E-state index in [9.17, 15) is 18.8 Å². The average Bonchev–Trinajstić information content (AvgIpc) is 2.93. The molecule has 3 amide bonds. The highest BCUT2D eigenvalue weighted by Gasteiger charge is 2.38. The molecule has 1 unspecified atom stereocenters. The summed E-state index contributed by atoms with van der Waals surface area (Å²) >= 11 is 0. The number of halogens is 1. The van der Waals surface area contributed by atoms with Gasteiger partial charge in [0.1, 0.15) is 5.82 Å². The number of hydrogen-bond donors (Lipinski definition) is 2. The number of carbonyl (C=O) groups is 3. The number of unbranched alkanes of at least 4 members (excludes halogenated alkanes) is 1. The van der Waals surface area contributed by atoms with E-state index < -0.39 is 12.0 Å². The number of hydrogen-bond acceptors (Lipinski definition) is 4. The molecule has 0 radical (unpaired) electrons. The van der Waals surface area contributed by atoms with Crippen LogP contribution in [0.5, 0.6) is 0 Å². The summed E-state index contributed by atoms with van der Waals surface area (Å²) in [5, 5.41) is 5.84. The first-order valence-electron chi connectivity index (χ1n) is 13.1. The van der Waals surface area contributed by atoms with Crippen LogP contribution in [0.4, 0.5) is 14.9 Å². The highest BCUT2D eigenvalue weighted by atomic mass is 19.1. The maximum atomic E-state index is 13.4. The second kappa shape index (κ2) is 12.9. The topological polar surface area (TPSA) is 87.7 Å². The third-order valence-corrected chi connectivity index (χ3v) is 6.39. The largest absolute Gasteiger partial charge is 0.463 e. The summed E-state index contributed by atoms with van der Waals surface area (Å²) in [4.78, 5) is 41.1. The number of ether oxygens (including phenoxy) is 1. The Hall–Kier alpha value is -4.46. The van der Waals surface area contributed by atoms with Crippen molar-refractivity contribution in [3.63, 3.8) is 0 Å². The van der Waals surface area contributed by atoms with Crippen molar-refractivity contribution in [2.24, 2.45) is 0 Å². The Balaban J connectivity index is 1.72. The van der Waals surface area contributed by atoms with Gasteiger partial charge in [0.05, 0.1) is 30.3 Å². The summed E-state index contributed by atoms with van der Waals surface area (Å²) in [7, 11) is 0. The number of carbonyl (C=O) groups excluding carboxylic acids is 3. The summed E-state index contributed by atoms with van der Waals surface area (Å²) in [5.41, 5.74) is 3.38. The predicted octanol–water partition coefficient (Wildman–Crippen LogP) is 5.85. The van der Waals surface area contributed by atoms with E-state index in [1.807, 2.05) is 37.3 Å². The first-order chi connectivity index (χ1) is 18.9. The lowest BCUT2D eigenvalue weighted by Gasteiger charge is -2.37. The van der Waals surface area contributed by atoms with Gasteiger partial charge in [-0.05, 0) is 54.3 Å². The minimum Gasteiger partial charge on any atom is -0.463 e. The summed E-state index contributed by atoms with van der Waals surface area (Å²) in [6.45, 7) is 4.41. The van der Waals surface area contributed by atoms with E-state index in [4.69, 9.17) is 4.74 Å². The summed E-state index contributed by atoms with van der Waals surface area (Å²) < 4.78 is 18.7. The molecule has 4 rings (SSSR count). The average molecular weight is 530 g/mol. The maximum absolute atomic E-state index is 13.4.